The fourth-order valence-corrected chi connectivity index (χ4v) is 1.23. The molecule has 0 amide bonds. The molecule has 0 aliphatic rings. The Morgan fingerprint density at radius 2 is 1.75 bits per heavy atom. The minimum Gasteiger partial charge on any atom is -0.459 e. The molecule has 0 rings (SSSR count). The zero-order chi connectivity index (χ0) is 13.0. The van der Waals surface area contributed by atoms with Crippen LogP contribution in [0, 0.1) is 5.41 Å². The Hall–Kier alpha value is -0.610. The molecule has 0 radical (unpaired) electrons. The van der Waals surface area contributed by atoms with E-state index in [1.807, 2.05) is 27.7 Å². The molecule has 16 heavy (non-hydrogen) atoms. The summed E-state index contributed by atoms with van der Waals surface area (Å²) >= 11 is 0. The highest BCUT2D eigenvalue weighted by Gasteiger charge is 2.40. The Kier molecular flexibility index (Phi) is 5.42. The second-order valence-electron chi connectivity index (χ2n) is 5.35. The molecule has 0 aliphatic carbocycles. The van der Waals surface area contributed by atoms with Crippen LogP contribution in [-0.2, 0) is 14.3 Å². The first-order valence-corrected chi connectivity index (χ1v) is 5.61. The zero-order valence-corrected chi connectivity index (χ0v) is 11.2. The molecule has 4 nitrogen and oxygen atoms in total. The summed E-state index contributed by atoms with van der Waals surface area (Å²) in [7, 11) is 0. The van der Waals surface area contributed by atoms with Gasteiger partial charge in [0.25, 0.3) is 0 Å². The van der Waals surface area contributed by atoms with Gasteiger partial charge in [-0.15, -0.1) is 0 Å². The molecule has 96 valence electrons. The lowest BCUT2D eigenvalue weighted by Gasteiger charge is -2.33. The molecule has 0 heterocycles. The average molecular weight is 232 g/mol. The van der Waals surface area contributed by atoms with Crippen LogP contribution in [0.15, 0.2) is 0 Å². The van der Waals surface area contributed by atoms with Gasteiger partial charge in [-0.05, 0) is 41.5 Å². The minimum absolute atomic E-state index is 0.194. The van der Waals surface area contributed by atoms with Gasteiger partial charge in [0.2, 0.25) is 0 Å². The lowest BCUT2D eigenvalue weighted by molar-refractivity contribution is -0.176. The van der Waals surface area contributed by atoms with Crippen molar-refractivity contribution in [3.63, 3.8) is 0 Å². The maximum absolute atomic E-state index is 11.9. The molecular weight excluding hydrogens is 208 g/mol. The Labute approximate surface area is 97.9 Å². The van der Waals surface area contributed by atoms with Gasteiger partial charge in [-0.25, -0.2) is 0 Å². The summed E-state index contributed by atoms with van der Waals surface area (Å²) in [6, 6.07) is 0. The predicted octanol–water partition coefficient (Wildman–Crippen LogP) is 1.75. The van der Waals surface area contributed by atoms with Crippen molar-refractivity contribution in [2.75, 3.05) is 13.2 Å². The van der Waals surface area contributed by atoms with E-state index in [1.54, 1.807) is 13.8 Å². The van der Waals surface area contributed by atoms with Gasteiger partial charge in [0, 0.05) is 6.61 Å². The van der Waals surface area contributed by atoms with E-state index in [0.717, 1.165) is 0 Å². The molecule has 0 aromatic rings. The lowest BCUT2D eigenvalue weighted by Crippen LogP contribution is -2.44. The number of esters is 1. The SMILES string of the molecule is CCOC(CO)C(C)(C)C(=O)OC(C)(C)C. The minimum atomic E-state index is -0.849. The summed E-state index contributed by atoms with van der Waals surface area (Å²) < 4.78 is 10.6. The lowest BCUT2D eigenvalue weighted by atomic mass is 9.86. The summed E-state index contributed by atoms with van der Waals surface area (Å²) in [5.41, 5.74) is -1.38. The molecule has 0 spiro atoms. The summed E-state index contributed by atoms with van der Waals surface area (Å²) in [5.74, 6) is -0.354. The normalized spacial score (nSPS) is 14.7. The molecule has 1 N–H and O–H groups in total. The van der Waals surface area contributed by atoms with E-state index in [0.29, 0.717) is 6.61 Å². The molecule has 0 aliphatic heterocycles. The standard InChI is InChI=1S/C12H24O4/c1-7-15-9(8-13)12(5,6)10(14)16-11(2,3)4/h9,13H,7-8H2,1-6H3. The highest BCUT2D eigenvalue weighted by atomic mass is 16.6. The summed E-state index contributed by atoms with van der Waals surface area (Å²) in [4.78, 5) is 11.9. The molecule has 0 bridgehead atoms. The van der Waals surface area contributed by atoms with Crippen molar-refractivity contribution >= 4 is 5.97 Å². The largest absolute Gasteiger partial charge is 0.459 e. The Morgan fingerprint density at radius 1 is 1.25 bits per heavy atom. The highest BCUT2D eigenvalue weighted by molar-refractivity contribution is 5.77. The Morgan fingerprint density at radius 3 is 2.06 bits per heavy atom. The second-order valence-corrected chi connectivity index (χ2v) is 5.35. The predicted molar refractivity (Wildman–Crippen MR) is 62.1 cm³/mol. The van der Waals surface area contributed by atoms with E-state index in [4.69, 9.17) is 9.47 Å². The maximum Gasteiger partial charge on any atom is 0.314 e. The van der Waals surface area contributed by atoms with Gasteiger partial charge in [-0.1, -0.05) is 0 Å². The summed E-state index contributed by atoms with van der Waals surface area (Å²) in [6.07, 6.45) is -0.535. The first kappa shape index (κ1) is 15.4. The van der Waals surface area contributed by atoms with Crippen molar-refractivity contribution < 1.29 is 19.4 Å². The van der Waals surface area contributed by atoms with Gasteiger partial charge in [0.05, 0.1) is 18.1 Å². The van der Waals surface area contributed by atoms with Crippen LogP contribution in [0.1, 0.15) is 41.5 Å². The van der Waals surface area contributed by atoms with Crippen molar-refractivity contribution in [3.8, 4) is 0 Å². The van der Waals surface area contributed by atoms with E-state index in [9.17, 15) is 9.90 Å². The van der Waals surface area contributed by atoms with Crippen LogP contribution in [-0.4, -0.2) is 36.0 Å². The van der Waals surface area contributed by atoms with E-state index >= 15 is 0 Å². The first-order chi connectivity index (χ1) is 7.15. The highest BCUT2D eigenvalue weighted by Crippen LogP contribution is 2.27. The summed E-state index contributed by atoms with van der Waals surface area (Å²) in [5, 5.41) is 9.21. The molecule has 1 unspecified atom stereocenters. The third kappa shape index (κ3) is 4.49. The number of ether oxygens (including phenoxy) is 2. The average Bonchev–Trinajstić information content (AvgIpc) is 2.10. The number of carbonyl (C=O) groups excluding carboxylic acids is 1. The third-order valence-corrected chi connectivity index (χ3v) is 2.26. The van der Waals surface area contributed by atoms with Gasteiger partial charge in [-0.2, -0.15) is 0 Å². The second kappa shape index (κ2) is 5.64. The van der Waals surface area contributed by atoms with Crippen LogP contribution in [0.4, 0.5) is 0 Å². The molecule has 1 atom stereocenters. The number of hydrogen-bond donors (Lipinski definition) is 1. The van der Waals surface area contributed by atoms with E-state index in [2.05, 4.69) is 0 Å². The van der Waals surface area contributed by atoms with Crippen LogP contribution < -0.4 is 0 Å². The van der Waals surface area contributed by atoms with Gasteiger partial charge >= 0.3 is 5.97 Å². The smallest absolute Gasteiger partial charge is 0.314 e. The van der Waals surface area contributed by atoms with Crippen LogP contribution in [0.25, 0.3) is 0 Å². The third-order valence-electron chi connectivity index (χ3n) is 2.26. The number of aliphatic hydroxyl groups excluding tert-OH is 1. The van der Waals surface area contributed by atoms with Crippen LogP contribution in [0.5, 0.6) is 0 Å². The van der Waals surface area contributed by atoms with Crippen molar-refractivity contribution in [2.45, 2.75) is 53.2 Å². The zero-order valence-electron chi connectivity index (χ0n) is 11.2. The molecule has 4 heteroatoms. The quantitative estimate of drug-likeness (QED) is 0.734. The van der Waals surface area contributed by atoms with Gasteiger partial charge in [0.1, 0.15) is 5.60 Å². The number of rotatable bonds is 5. The molecule has 0 aromatic heterocycles. The van der Waals surface area contributed by atoms with Crippen molar-refractivity contribution in [1.82, 2.24) is 0 Å². The van der Waals surface area contributed by atoms with Gasteiger partial charge in [0.15, 0.2) is 0 Å². The van der Waals surface area contributed by atoms with Gasteiger partial charge in [-0.3, -0.25) is 4.79 Å². The van der Waals surface area contributed by atoms with Crippen molar-refractivity contribution in [2.24, 2.45) is 5.41 Å². The number of carbonyl (C=O) groups is 1. The van der Waals surface area contributed by atoms with Crippen molar-refractivity contribution in [3.05, 3.63) is 0 Å². The molecule has 0 fully saturated rings. The van der Waals surface area contributed by atoms with E-state index in [1.165, 1.54) is 0 Å². The van der Waals surface area contributed by atoms with Gasteiger partial charge < -0.3 is 14.6 Å². The fraction of sp³-hybridized carbons (Fsp3) is 0.917. The molecule has 0 saturated carbocycles. The van der Waals surface area contributed by atoms with Crippen LogP contribution in [0.3, 0.4) is 0 Å². The van der Waals surface area contributed by atoms with Crippen LogP contribution >= 0.6 is 0 Å². The topological polar surface area (TPSA) is 55.8 Å². The monoisotopic (exact) mass is 232 g/mol. The Balaban J connectivity index is 4.68. The van der Waals surface area contributed by atoms with E-state index in [-0.39, 0.29) is 12.6 Å². The van der Waals surface area contributed by atoms with Crippen LogP contribution in [0.2, 0.25) is 0 Å². The number of aliphatic hydroxyl groups is 1. The van der Waals surface area contributed by atoms with Crippen molar-refractivity contribution in [1.29, 1.82) is 0 Å². The Bertz CT molecular complexity index is 228. The van der Waals surface area contributed by atoms with E-state index < -0.39 is 17.1 Å². The first-order valence-electron chi connectivity index (χ1n) is 5.61. The number of hydrogen-bond acceptors (Lipinski definition) is 4. The molecular formula is C12H24O4. The molecule has 0 saturated heterocycles. The maximum atomic E-state index is 11.9. The fourth-order valence-electron chi connectivity index (χ4n) is 1.23. The summed E-state index contributed by atoms with van der Waals surface area (Å²) in [6.45, 7) is 11.0. The molecule has 0 aromatic carbocycles.